The van der Waals surface area contributed by atoms with Gasteiger partial charge in [-0.05, 0) is 0 Å². The van der Waals surface area contributed by atoms with Crippen molar-refractivity contribution in [3.63, 3.8) is 0 Å². The van der Waals surface area contributed by atoms with E-state index in [4.69, 9.17) is 10.5 Å². The van der Waals surface area contributed by atoms with Crippen molar-refractivity contribution < 1.29 is 14.3 Å². The number of nitrogens with two attached hydrogens (primary N) is 1. The Labute approximate surface area is 119 Å². The molecule has 0 aromatic rings. The molecule has 1 saturated heterocycles. The van der Waals surface area contributed by atoms with Crippen molar-refractivity contribution in [1.82, 2.24) is 15.1 Å². The zero-order valence-corrected chi connectivity index (χ0v) is 11.8. The molecule has 20 heavy (non-hydrogen) atoms. The van der Waals surface area contributed by atoms with E-state index in [1.165, 1.54) is 0 Å². The van der Waals surface area contributed by atoms with Crippen LogP contribution < -0.4 is 11.1 Å². The van der Waals surface area contributed by atoms with Gasteiger partial charge in [-0.2, -0.15) is 0 Å². The van der Waals surface area contributed by atoms with E-state index in [2.05, 4.69) is 11.9 Å². The molecule has 1 rings (SSSR count). The van der Waals surface area contributed by atoms with Crippen LogP contribution in [0.1, 0.15) is 0 Å². The first-order chi connectivity index (χ1) is 9.67. The smallest absolute Gasteiger partial charge is 0.248 e. The molecule has 1 aliphatic rings. The summed E-state index contributed by atoms with van der Waals surface area (Å²) in [4.78, 5) is 27.1. The topological polar surface area (TPSA) is 87.9 Å². The third-order valence-corrected chi connectivity index (χ3v) is 3.02. The maximum atomic E-state index is 11.8. The number of carbonyl (C=O) groups is 2. The number of nitrogens with one attached hydrogen (secondary N) is 1. The Morgan fingerprint density at radius 1 is 1.30 bits per heavy atom. The second-order valence-corrected chi connectivity index (χ2v) is 4.59. The molecule has 0 aromatic heterocycles. The molecule has 0 bridgehead atoms. The first-order valence-electron chi connectivity index (χ1n) is 6.83. The highest BCUT2D eigenvalue weighted by Gasteiger charge is 2.22. The number of amides is 2. The van der Waals surface area contributed by atoms with Gasteiger partial charge in [0.05, 0.1) is 13.2 Å². The standard InChI is InChI=1S/C13H24N4O3/c1-2-4-15-12(18)10-16-5-7-17(8-6-16)13(19)11-20-9-3-14/h2H,1,3-11,14H2,(H,15,18). The first kappa shape index (κ1) is 16.6. The van der Waals surface area contributed by atoms with Crippen LogP contribution in [-0.2, 0) is 14.3 Å². The average Bonchev–Trinajstić information content (AvgIpc) is 2.46. The summed E-state index contributed by atoms with van der Waals surface area (Å²) in [5.74, 6) is -0.0369. The van der Waals surface area contributed by atoms with Crippen LogP contribution in [0.2, 0.25) is 0 Å². The number of carbonyl (C=O) groups excluding carboxylic acids is 2. The summed E-state index contributed by atoms with van der Waals surface area (Å²) < 4.78 is 5.13. The molecular formula is C13H24N4O3. The van der Waals surface area contributed by atoms with Crippen molar-refractivity contribution in [1.29, 1.82) is 0 Å². The molecule has 7 heteroatoms. The Morgan fingerprint density at radius 3 is 2.60 bits per heavy atom. The Bertz CT molecular complexity index is 328. The molecule has 0 unspecified atom stereocenters. The molecule has 114 valence electrons. The second-order valence-electron chi connectivity index (χ2n) is 4.59. The highest BCUT2D eigenvalue weighted by Crippen LogP contribution is 2.02. The second kappa shape index (κ2) is 9.46. The van der Waals surface area contributed by atoms with Crippen LogP contribution in [-0.4, -0.2) is 80.6 Å². The van der Waals surface area contributed by atoms with E-state index < -0.39 is 0 Å². The summed E-state index contributed by atoms with van der Waals surface area (Å²) in [5, 5.41) is 2.74. The fraction of sp³-hybridized carbons (Fsp3) is 0.692. The quantitative estimate of drug-likeness (QED) is 0.414. The number of nitrogens with zero attached hydrogens (tertiary/aromatic N) is 2. The molecule has 0 aromatic carbocycles. The number of rotatable bonds is 8. The van der Waals surface area contributed by atoms with Gasteiger partial charge in [-0.25, -0.2) is 0 Å². The summed E-state index contributed by atoms with van der Waals surface area (Å²) >= 11 is 0. The van der Waals surface area contributed by atoms with Gasteiger partial charge in [0.15, 0.2) is 0 Å². The van der Waals surface area contributed by atoms with Crippen molar-refractivity contribution in [2.75, 3.05) is 59.0 Å². The Balaban J connectivity index is 2.20. The van der Waals surface area contributed by atoms with Gasteiger partial charge in [-0.1, -0.05) is 6.08 Å². The van der Waals surface area contributed by atoms with Gasteiger partial charge in [0, 0.05) is 39.3 Å². The van der Waals surface area contributed by atoms with Crippen LogP contribution >= 0.6 is 0 Å². The molecule has 3 N–H and O–H groups in total. The molecule has 0 radical (unpaired) electrons. The first-order valence-corrected chi connectivity index (χ1v) is 6.83. The van der Waals surface area contributed by atoms with Gasteiger partial charge in [0.1, 0.15) is 6.61 Å². The van der Waals surface area contributed by atoms with Crippen molar-refractivity contribution in [3.8, 4) is 0 Å². The van der Waals surface area contributed by atoms with E-state index in [-0.39, 0.29) is 18.4 Å². The molecule has 0 spiro atoms. The number of ether oxygens (including phenoxy) is 1. The van der Waals surface area contributed by atoms with Crippen molar-refractivity contribution >= 4 is 11.8 Å². The summed E-state index contributed by atoms with van der Waals surface area (Å²) in [7, 11) is 0. The lowest BCUT2D eigenvalue weighted by atomic mass is 10.3. The Kier molecular flexibility index (Phi) is 7.86. The molecule has 7 nitrogen and oxygen atoms in total. The van der Waals surface area contributed by atoms with E-state index in [0.717, 1.165) is 0 Å². The lowest BCUT2D eigenvalue weighted by Gasteiger charge is -2.34. The van der Waals surface area contributed by atoms with Crippen molar-refractivity contribution in [2.24, 2.45) is 5.73 Å². The fourth-order valence-electron chi connectivity index (χ4n) is 1.93. The maximum Gasteiger partial charge on any atom is 0.248 e. The molecule has 0 aliphatic carbocycles. The van der Waals surface area contributed by atoms with Gasteiger partial charge in [-0.15, -0.1) is 6.58 Å². The molecule has 0 atom stereocenters. The molecule has 1 aliphatic heterocycles. The van der Waals surface area contributed by atoms with Crippen LogP contribution in [0.4, 0.5) is 0 Å². The highest BCUT2D eigenvalue weighted by molar-refractivity contribution is 5.78. The van der Waals surface area contributed by atoms with Gasteiger partial charge in [0.2, 0.25) is 11.8 Å². The molecule has 0 saturated carbocycles. The van der Waals surface area contributed by atoms with E-state index in [1.807, 2.05) is 4.90 Å². The van der Waals surface area contributed by atoms with E-state index in [1.54, 1.807) is 11.0 Å². The minimum Gasteiger partial charge on any atom is -0.370 e. The van der Waals surface area contributed by atoms with Crippen molar-refractivity contribution in [2.45, 2.75) is 0 Å². The predicted molar refractivity (Wildman–Crippen MR) is 76.1 cm³/mol. The third kappa shape index (κ3) is 6.14. The maximum absolute atomic E-state index is 11.8. The van der Waals surface area contributed by atoms with Gasteiger partial charge >= 0.3 is 0 Å². The van der Waals surface area contributed by atoms with Crippen molar-refractivity contribution in [3.05, 3.63) is 12.7 Å². The predicted octanol–water partition coefficient (Wildman–Crippen LogP) is -1.59. The summed E-state index contributed by atoms with van der Waals surface area (Å²) in [6, 6.07) is 0. The normalized spacial score (nSPS) is 15.9. The van der Waals surface area contributed by atoms with Gasteiger partial charge in [-0.3, -0.25) is 14.5 Å². The van der Waals surface area contributed by atoms with E-state index in [0.29, 0.717) is 52.4 Å². The van der Waals surface area contributed by atoms with Crippen LogP contribution in [0.25, 0.3) is 0 Å². The SMILES string of the molecule is C=CCNC(=O)CN1CCN(C(=O)COCCN)CC1. The largest absolute Gasteiger partial charge is 0.370 e. The summed E-state index contributed by atoms with van der Waals surface area (Å²) in [6.45, 7) is 7.93. The fourth-order valence-corrected chi connectivity index (χ4v) is 1.93. The van der Waals surface area contributed by atoms with Gasteiger partial charge in [0.25, 0.3) is 0 Å². The van der Waals surface area contributed by atoms with Crippen LogP contribution in [0.15, 0.2) is 12.7 Å². The minimum absolute atomic E-state index is 0.0176. The number of hydrogen-bond acceptors (Lipinski definition) is 5. The number of hydrogen-bond donors (Lipinski definition) is 2. The summed E-state index contributed by atoms with van der Waals surface area (Å²) in [6.07, 6.45) is 1.65. The van der Waals surface area contributed by atoms with E-state index >= 15 is 0 Å². The molecule has 1 heterocycles. The molecule has 2 amide bonds. The lowest BCUT2D eigenvalue weighted by Crippen LogP contribution is -2.51. The average molecular weight is 284 g/mol. The molecule has 1 fully saturated rings. The zero-order chi connectivity index (χ0) is 14.8. The van der Waals surface area contributed by atoms with Crippen LogP contribution in [0.5, 0.6) is 0 Å². The highest BCUT2D eigenvalue weighted by atomic mass is 16.5. The van der Waals surface area contributed by atoms with Crippen LogP contribution in [0, 0.1) is 0 Å². The minimum atomic E-state index is -0.0193. The Hall–Kier alpha value is -1.44. The Morgan fingerprint density at radius 2 is 2.00 bits per heavy atom. The van der Waals surface area contributed by atoms with Crippen LogP contribution in [0.3, 0.4) is 0 Å². The van der Waals surface area contributed by atoms with E-state index in [9.17, 15) is 9.59 Å². The van der Waals surface area contributed by atoms with Gasteiger partial charge < -0.3 is 20.7 Å². The number of piperazine rings is 1. The lowest BCUT2D eigenvalue weighted by molar-refractivity contribution is -0.138. The monoisotopic (exact) mass is 284 g/mol. The summed E-state index contributed by atoms with van der Waals surface area (Å²) in [5.41, 5.74) is 5.29. The molecular weight excluding hydrogens is 260 g/mol. The third-order valence-electron chi connectivity index (χ3n) is 3.02. The zero-order valence-electron chi connectivity index (χ0n) is 11.8.